The highest BCUT2D eigenvalue weighted by Gasteiger charge is 2.03. The van der Waals surface area contributed by atoms with Gasteiger partial charge in [-0.2, -0.15) is 0 Å². The molecule has 17 heavy (non-hydrogen) atoms. The van der Waals surface area contributed by atoms with Gasteiger partial charge in [-0.3, -0.25) is 0 Å². The maximum Gasteiger partial charge on any atom is 0.126 e. The molecule has 1 aromatic rings. The van der Waals surface area contributed by atoms with Crippen LogP contribution in [0.15, 0.2) is 23.8 Å². The summed E-state index contributed by atoms with van der Waals surface area (Å²) in [6.45, 7) is 9.22. The molecule has 2 heteroatoms. The number of nitrogens with one attached hydrogen (secondary N) is 1. The van der Waals surface area contributed by atoms with Crippen LogP contribution in [0.25, 0.3) is 6.08 Å². The zero-order chi connectivity index (χ0) is 12.8. The lowest BCUT2D eigenvalue weighted by Crippen LogP contribution is -2.27. The molecule has 0 aliphatic heterocycles. The molecular weight excluding hydrogens is 213 g/mol. The fraction of sp³-hybridized carbons (Fsp3) is 0.467. The molecule has 0 bridgehead atoms. The number of hydrogen-bond donors (Lipinski definition) is 1. The average Bonchev–Trinajstić information content (AvgIpc) is 2.30. The summed E-state index contributed by atoms with van der Waals surface area (Å²) in [5.74, 6) is -0.142. The second-order valence-electron chi connectivity index (χ2n) is 4.57. The quantitative estimate of drug-likeness (QED) is 0.815. The summed E-state index contributed by atoms with van der Waals surface area (Å²) in [5.41, 5.74) is 3.02. The third-order valence-electron chi connectivity index (χ3n) is 2.96. The summed E-state index contributed by atoms with van der Waals surface area (Å²) in [6.07, 6.45) is 3.24. The van der Waals surface area contributed by atoms with E-state index in [4.69, 9.17) is 0 Å². The molecule has 0 heterocycles. The van der Waals surface area contributed by atoms with Gasteiger partial charge in [0.25, 0.3) is 0 Å². The standard InChI is InChI=1S/C15H22FN/c1-5-8-17-13(4)11(2)9-14-6-7-15(16)12(3)10-14/h6-7,9-10,13,17H,5,8H2,1-4H3/b11-9+. The van der Waals surface area contributed by atoms with Crippen LogP contribution in [0.4, 0.5) is 4.39 Å². The summed E-state index contributed by atoms with van der Waals surface area (Å²) in [7, 11) is 0. The molecule has 0 aromatic heterocycles. The lowest BCUT2D eigenvalue weighted by atomic mass is 10.0. The Morgan fingerprint density at radius 2 is 2.18 bits per heavy atom. The van der Waals surface area contributed by atoms with E-state index >= 15 is 0 Å². The average molecular weight is 235 g/mol. The minimum atomic E-state index is -0.142. The molecule has 0 aliphatic rings. The summed E-state index contributed by atoms with van der Waals surface area (Å²) >= 11 is 0. The van der Waals surface area contributed by atoms with Crippen LogP contribution in [0.3, 0.4) is 0 Å². The predicted molar refractivity (Wildman–Crippen MR) is 72.5 cm³/mol. The molecule has 1 rings (SSSR count). The first-order valence-corrected chi connectivity index (χ1v) is 6.22. The molecule has 0 spiro atoms. The van der Waals surface area contributed by atoms with Crippen molar-refractivity contribution in [3.63, 3.8) is 0 Å². The van der Waals surface area contributed by atoms with Crippen molar-refractivity contribution in [1.29, 1.82) is 0 Å². The van der Waals surface area contributed by atoms with Gasteiger partial charge in [0.15, 0.2) is 0 Å². The van der Waals surface area contributed by atoms with Crippen molar-refractivity contribution in [3.05, 3.63) is 40.7 Å². The van der Waals surface area contributed by atoms with Crippen LogP contribution in [-0.4, -0.2) is 12.6 Å². The zero-order valence-corrected chi connectivity index (χ0v) is 11.2. The fourth-order valence-corrected chi connectivity index (χ4v) is 1.67. The highest BCUT2D eigenvalue weighted by atomic mass is 19.1. The van der Waals surface area contributed by atoms with Crippen LogP contribution in [0.2, 0.25) is 0 Å². The fourth-order valence-electron chi connectivity index (χ4n) is 1.67. The van der Waals surface area contributed by atoms with Gasteiger partial charge in [0.1, 0.15) is 5.82 Å². The van der Waals surface area contributed by atoms with Crippen molar-refractivity contribution in [2.45, 2.75) is 40.2 Å². The van der Waals surface area contributed by atoms with Gasteiger partial charge in [0.2, 0.25) is 0 Å². The normalized spacial score (nSPS) is 13.8. The predicted octanol–water partition coefficient (Wildman–Crippen LogP) is 3.93. The van der Waals surface area contributed by atoms with E-state index in [1.54, 1.807) is 6.92 Å². The Balaban J connectivity index is 2.76. The molecule has 0 saturated heterocycles. The topological polar surface area (TPSA) is 12.0 Å². The monoisotopic (exact) mass is 235 g/mol. The van der Waals surface area contributed by atoms with Gasteiger partial charge in [-0.05, 0) is 57.0 Å². The molecule has 1 unspecified atom stereocenters. The van der Waals surface area contributed by atoms with Gasteiger partial charge in [0.05, 0.1) is 0 Å². The summed E-state index contributed by atoms with van der Waals surface area (Å²) in [5, 5.41) is 3.44. The number of benzene rings is 1. The van der Waals surface area contributed by atoms with E-state index in [1.807, 2.05) is 12.1 Å². The Bertz CT molecular complexity index is 396. The number of aryl methyl sites for hydroxylation is 1. The molecule has 1 aromatic carbocycles. The maximum atomic E-state index is 13.1. The minimum Gasteiger partial charge on any atom is -0.311 e. The maximum absolute atomic E-state index is 13.1. The molecule has 0 saturated carbocycles. The Kier molecular flexibility index (Phi) is 5.36. The number of halogens is 1. The van der Waals surface area contributed by atoms with E-state index in [-0.39, 0.29) is 5.82 Å². The van der Waals surface area contributed by atoms with Crippen molar-refractivity contribution in [3.8, 4) is 0 Å². The Labute approximate surface area is 104 Å². The molecule has 0 aliphatic carbocycles. The molecule has 0 fully saturated rings. The minimum absolute atomic E-state index is 0.142. The van der Waals surface area contributed by atoms with Gasteiger partial charge in [0, 0.05) is 6.04 Å². The van der Waals surface area contributed by atoms with Gasteiger partial charge in [-0.15, -0.1) is 0 Å². The first-order valence-electron chi connectivity index (χ1n) is 6.22. The van der Waals surface area contributed by atoms with E-state index in [9.17, 15) is 4.39 Å². The molecule has 1 N–H and O–H groups in total. The largest absolute Gasteiger partial charge is 0.311 e. The van der Waals surface area contributed by atoms with Crippen molar-refractivity contribution in [2.75, 3.05) is 6.54 Å². The Hall–Kier alpha value is -1.15. The van der Waals surface area contributed by atoms with E-state index in [2.05, 4.69) is 32.2 Å². The van der Waals surface area contributed by atoms with Crippen LogP contribution >= 0.6 is 0 Å². The summed E-state index contributed by atoms with van der Waals surface area (Å²) < 4.78 is 13.1. The highest BCUT2D eigenvalue weighted by Crippen LogP contribution is 2.14. The molecular formula is C15H22FN. The lowest BCUT2D eigenvalue weighted by molar-refractivity contribution is 0.604. The van der Waals surface area contributed by atoms with Crippen molar-refractivity contribution >= 4 is 6.08 Å². The third-order valence-corrected chi connectivity index (χ3v) is 2.96. The Morgan fingerprint density at radius 3 is 2.76 bits per heavy atom. The first-order chi connectivity index (χ1) is 8.04. The van der Waals surface area contributed by atoms with Crippen LogP contribution in [0.5, 0.6) is 0 Å². The molecule has 0 amide bonds. The van der Waals surface area contributed by atoms with Crippen LogP contribution < -0.4 is 5.32 Å². The van der Waals surface area contributed by atoms with Gasteiger partial charge >= 0.3 is 0 Å². The highest BCUT2D eigenvalue weighted by molar-refractivity contribution is 5.54. The Morgan fingerprint density at radius 1 is 1.47 bits per heavy atom. The van der Waals surface area contributed by atoms with Crippen molar-refractivity contribution in [1.82, 2.24) is 5.32 Å². The number of hydrogen-bond acceptors (Lipinski definition) is 1. The van der Waals surface area contributed by atoms with Crippen molar-refractivity contribution in [2.24, 2.45) is 0 Å². The second kappa shape index (κ2) is 6.55. The SMILES string of the molecule is CCCNC(C)/C(C)=C/c1ccc(F)c(C)c1. The number of rotatable bonds is 5. The first kappa shape index (κ1) is 13.9. The van der Waals surface area contributed by atoms with Crippen LogP contribution in [0, 0.1) is 12.7 Å². The van der Waals surface area contributed by atoms with Crippen LogP contribution in [0.1, 0.15) is 38.3 Å². The van der Waals surface area contributed by atoms with E-state index < -0.39 is 0 Å². The third kappa shape index (κ3) is 4.31. The molecule has 1 nitrogen and oxygen atoms in total. The van der Waals surface area contributed by atoms with Crippen molar-refractivity contribution < 1.29 is 4.39 Å². The zero-order valence-electron chi connectivity index (χ0n) is 11.2. The second-order valence-corrected chi connectivity index (χ2v) is 4.57. The van der Waals surface area contributed by atoms with E-state index in [0.29, 0.717) is 11.6 Å². The lowest BCUT2D eigenvalue weighted by Gasteiger charge is -2.14. The van der Waals surface area contributed by atoms with Gasteiger partial charge < -0.3 is 5.32 Å². The van der Waals surface area contributed by atoms with Gasteiger partial charge in [-0.1, -0.05) is 24.6 Å². The van der Waals surface area contributed by atoms with Gasteiger partial charge in [-0.25, -0.2) is 4.39 Å². The summed E-state index contributed by atoms with van der Waals surface area (Å²) in [4.78, 5) is 0. The van der Waals surface area contributed by atoms with E-state index in [1.165, 1.54) is 11.6 Å². The molecule has 94 valence electrons. The molecule has 1 atom stereocenters. The summed E-state index contributed by atoms with van der Waals surface area (Å²) in [6, 6.07) is 5.59. The van der Waals surface area contributed by atoms with E-state index in [0.717, 1.165) is 18.5 Å². The van der Waals surface area contributed by atoms with Crippen LogP contribution in [-0.2, 0) is 0 Å². The smallest absolute Gasteiger partial charge is 0.126 e. The molecule has 0 radical (unpaired) electrons.